The number of hydrogen-bond donors (Lipinski definition) is 2. The number of rotatable bonds is 7. The maximum Gasteiger partial charge on any atom is 0.256 e. The summed E-state index contributed by atoms with van der Waals surface area (Å²) in [4.78, 5) is 12.7. The Bertz CT molecular complexity index is 1230. The van der Waals surface area contributed by atoms with E-state index < -0.39 is 10.0 Å². The van der Waals surface area contributed by atoms with Crippen molar-refractivity contribution in [1.29, 1.82) is 0 Å². The van der Waals surface area contributed by atoms with Crippen LogP contribution in [0.2, 0.25) is 0 Å². The SMILES string of the molecule is C#CCNS(=O)(=O)c1ccc(C(=O)Nc2ccnn2Cc2ccc(C(C)(C)C)cc2)cc1. The van der Waals surface area contributed by atoms with Crippen molar-refractivity contribution < 1.29 is 13.2 Å². The number of benzene rings is 2. The van der Waals surface area contributed by atoms with Gasteiger partial charge < -0.3 is 5.32 Å². The third-order valence-electron chi connectivity index (χ3n) is 4.90. The second-order valence-corrected chi connectivity index (χ2v) is 10.1. The number of carbonyl (C=O) groups is 1. The van der Waals surface area contributed by atoms with Gasteiger partial charge in [-0.3, -0.25) is 4.79 Å². The zero-order chi connectivity index (χ0) is 23.4. The molecule has 1 heterocycles. The van der Waals surface area contributed by atoms with Gasteiger partial charge in [0.25, 0.3) is 5.91 Å². The number of carbonyl (C=O) groups excluding carboxylic acids is 1. The first-order chi connectivity index (χ1) is 15.1. The van der Waals surface area contributed by atoms with E-state index in [0.29, 0.717) is 17.9 Å². The van der Waals surface area contributed by atoms with E-state index in [1.54, 1.807) is 16.9 Å². The summed E-state index contributed by atoms with van der Waals surface area (Å²) in [5.74, 6) is 2.40. The lowest BCUT2D eigenvalue weighted by molar-refractivity contribution is 0.102. The summed E-state index contributed by atoms with van der Waals surface area (Å²) in [6.45, 7) is 6.90. The summed E-state index contributed by atoms with van der Waals surface area (Å²) in [6.07, 6.45) is 6.71. The van der Waals surface area contributed by atoms with Crippen molar-refractivity contribution in [3.05, 3.63) is 77.5 Å². The van der Waals surface area contributed by atoms with E-state index in [-0.39, 0.29) is 22.8 Å². The van der Waals surface area contributed by atoms with Crippen LogP contribution in [0.1, 0.15) is 42.3 Å². The van der Waals surface area contributed by atoms with Crippen molar-refractivity contribution in [1.82, 2.24) is 14.5 Å². The van der Waals surface area contributed by atoms with Crippen LogP contribution in [0.3, 0.4) is 0 Å². The number of sulfonamides is 1. The highest BCUT2D eigenvalue weighted by atomic mass is 32.2. The number of amides is 1. The lowest BCUT2D eigenvalue weighted by atomic mass is 9.87. The van der Waals surface area contributed by atoms with Gasteiger partial charge in [-0.2, -0.15) is 9.82 Å². The van der Waals surface area contributed by atoms with Gasteiger partial charge in [0.05, 0.1) is 24.2 Å². The van der Waals surface area contributed by atoms with E-state index in [4.69, 9.17) is 6.42 Å². The molecule has 0 spiro atoms. The highest BCUT2D eigenvalue weighted by Gasteiger charge is 2.16. The Hall–Kier alpha value is -3.41. The molecule has 0 bridgehead atoms. The fraction of sp³-hybridized carbons (Fsp3) is 0.250. The summed E-state index contributed by atoms with van der Waals surface area (Å²) in [6, 6.07) is 15.7. The van der Waals surface area contributed by atoms with Gasteiger partial charge in [-0.15, -0.1) is 6.42 Å². The normalized spacial score (nSPS) is 11.7. The number of nitrogens with one attached hydrogen (secondary N) is 2. The van der Waals surface area contributed by atoms with Crippen LogP contribution in [0, 0.1) is 12.3 Å². The van der Waals surface area contributed by atoms with Crippen LogP contribution < -0.4 is 10.0 Å². The maximum atomic E-state index is 12.7. The zero-order valence-corrected chi connectivity index (χ0v) is 19.1. The van der Waals surface area contributed by atoms with Gasteiger partial charge in [0, 0.05) is 11.6 Å². The second-order valence-electron chi connectivity index (χ2n) is 8.33. The van der Waals surface area contributed by atoms with E-state index >= 15 is 0 Å². The highest BCUT2D eigenvalue weighted by Crippen LogP contribution is 2.23. The number of aromatic nitrogens is 2. The minimum Gasteiger partial charge on any atom is -0.307 e. The molecule has 0 saturated heterocycles. The van der Waals surface area contributed by atoms with Gasteiger partial charge in [-0.25, -0.2) is 13.1 Å². The van der Waals surface area contributed by atoms with Crippen molar-refractivity contribution in [3.8, 4) is 12.3 Å². The topological polar surface area (TPSA) is 93.1 Å². The second kappa shape index (κ2) is 9.39. The van der Waals surface area contributed by atoms with Crippen LogP contribution in [0.4, 0.5) is 5.82 Å². The molecule has 0 atom stereocenters. The molecule has 0 aliphatic carbocycles. The van der Waals surface area contributed by atoms with Gasteiger partial charge in [0.15, 0.2) is 0 Å². The largest absolute Gasteiger partial charge is 0.307 e. The van der Waals surface area contributed by atoms with Crippen LogP contribution in [0.5, 0.6) is 0 Å². The molecular weight excluding hydrogens is 424 g/mol. The van der Waals surface area contributed by atoms with E-state index in [0.717, 1.165) is 5.56 Å². The standard InChI is InChI=1S/C24H26N4O3S/c1-5-15-26-32(30,31)21-12-8-19(9-13-21)23(29)27-22-14-16-25-28(22)17-18-6-10-20(11-7-18)24(2,3)4/h1,6-14,16,26H,15,17H2,2-4H3,(H,27,29). The molecule has 3 aromatic rings. The maximum absolute atomic E-state index is 12.7. The summed E-state index contributed by atoms with van der Waals surface area (Å²) < 4.78 is 28.2. The first-order valence-corrected chi connectivity index (χ1v) is 11.5. The molecule has 0 saturated carbocycles. The molecule has 32 heavy (non-hydrogen) atoms. The van der Waals surface area contributed by atoms with Crippen molar-refractivity contribution in [2.24, 2.45) is 0 Å². The smallest absolute Gasteiger partial charge is 0.256 e. The number of nitrogens with zero attached hydrogens (tertiary/aromatic N) is 2. The Morgan fingerprint density at radius 1 is 1.06 bits per heavy atom. The van der Waals surface area contributed by atoms with Crippen molar-refractivity contribution in [3.63, 3.8) is 0 Å². The molecule has 3 rings (SSSR count). The summed E-state index contributed by atoms with van der Waals surface area (Å²) in [5.41, 5.74) is 2.71. The summed E-state index contributed by atoms with van der Waals surface area (Å²) >= 11 is 0. The van der Waals surface area contributed by atoms with Gasteiger partial charge in [0.1, 0.15) is 5.82 Å². The predicted molar refractivity (Wildman–Crippen MR) is 125 cm³/mol. The van der Waals surface area contributed by atoms with Crippen LogP contribution in [0.15, 0.2) is 65.7 Å². The third kappa shape index (κ3) is 5.63. The average Bonchev–Trinajstić information content (AvgIpc) is 3.18. The van der Waals surface area contributed by atoms with Crippen molar-refractivity contribution in [2.45, 2.75) is 37.6 Å². The fourth-order valence-electron chi connectivity index (χ4n) is 3.04. The molecule has 7 nitrogen and oxygen atoms in total. The molecule has 0 unspecified atom stereocenters. The molecule has 1 amide bonds. The van der Waals surface area contributed by atoms with Crippen molar-refractivity contribution >= 4 is 21.7 Å². The van der Waals surface area contributed by atoms with E-state index in [1.807, 2.05) is 0 Å². The Morgan fingerprint density at radius 3 is 2.31 bits per heavy atom. The quantitative estimate of drug-likeness (QED) is 0.540. The molecule has 8 heteroatoms. The zero-order valence-electron chi connectivity index (χ0n) is 18.3. The lowest BCUT2D eigenvalue weighted by Crippen LogP contribution is -2.24. The van der Waals surface area contributed by atoms with Crippen LogP contribution in [-0.4, -0.2) is 30.7 Å². The molecule has 0 aliphatic rings. The van der Waals surface area contributed by atoms with Gasteiger partial charge in [-0.05, 0) is 40.8 Å². The summed E-state index contributed by atoms with van der Waals surface area (Å²) in [7, 11) is -3.71. The van der Waals surface area contributed by atoms with E-state index in [1.165, 1.54) is 29.8 Å². The molecule has 166 valence electrons. The summed E-state index contributed by atoms with van der Waals surface area (Å²) in [5, 5.41) is 7.13. The molecule has 0 aliphatic heterocycles. The third-order valence-corrected chi connectivity index (χ3v) is 6.32. The molecule has 2 N–H and O–H groups in total. The van der Waals surface area contributed by atoms with E-state index in [9.17, 15) is 13.2 Å². The molecule has 1 aromatic heterocycles. The Kier molecular flexibility index (Phi) is 6.82. The first kappa shape index (κ1) is 23.3. The molecule has 2 aromatic carbocycles. The number of anilines is 1. The Morgan fingerprint density at radius 2 is 1.72 bits per heavy atom. The predicted octanol–water partition coefficient (Wildman–Crippen LogP) is 3.39. The highest BCUT2D eigenvalue weighted by molar-refractivity contribution is 7.89. The number of hydrogen-bond acceptors (Lipinski definition) is 4. The molecule has 0 fully saturated rings. The lowest BCUT2D eigenvalue weighted by Gasteiger charge is -2.19. The fourth-order valence-corrected chi connectivity index (χ4v) is 3.98. The van der Waals surface area contributed by atoms with Crippen molar-refractivity contribution in [2.75, 3.05) is 11.9 Å². The Labute approximate surface area is 188 Å². The average molecular weight is 451 g/mol. The molecular formula is C24H26N4O3S. The molecule has 0 radical (unpaired) electrons. The monoisotopic (exact) mass is 450 g/mol. The van der Waals surface area contributed by atoms with Crippen LogP contribution in [0.25, 0.3) is 0 Å². The van der Waals surface area contributed by atoms with Crippen LogP contribution in [-0.2, 0) is 22.0 Å². The first-order valence-electron chi connectivity index (χ1n) is 10.1. The van der Waals surface area contributed by atoms with Gasteiger partial charge >= 0.3 is 0 Å². The van der Waals surface area contributed by atoms with Gasteiger partial charge in [0.2, 0.25) is 10.0 Å². The minimum absolute atomic E-state index is 0.0352. The minimum atomic E-state index is -3.71. The van der Waals surface area contributed by atoms with E-state index in [2.05, 4.69) is 66.1 Å². The Balaban J connectivity index is 1.69. The number of terminal acetylenes is 1. The van der Waals surface area contributed by atoms with Gasteiger partial charge in [-0.1, -0.05) is 51.0 Å². The van der Waals surface area contributed by atoms with Crippen LogP contribution >= 0.6 is 0 Å².